The normalized spacial score (nSPS) is 18.9. The van der Waals surface area contributed by atoms with Crippen molar-refractivity contribution in [1.29, 1.82) is 0 Å². The summed E-state index contributed by atoms with van der Waals surface area (Å²) < 4.78 is 5.50. The number of rotatable bonds is 7. The molecule has 0 bridgehead atoms. The third-order valence-electron chi connectivity index (χ3n) is 2.89. The number of aliphatic hydroxyl groups excluding tert-OH is 1. The largest absolute Gasteiger partial charge is 0.391 e. The van der Waals surface area contributed by atoms with Gasteiger partial charge in [0.2, 0.25) is 5.91 Å². The van der Waals surface area contributed by atoms with E-state index in [2.05, 4.69) is 10.6 Å². The fourth-order valence-electron chi connectivity index (χ4n) is 1.87. The van der Waals surface area contributed by atoms with E-state index in [1.165, 1.54) is 0 Å². The van der Waals surface area contributed by atoms with Gasteiger partial charge in [-0.15, -0.1) is 0 Å². The third kappa shape index (κ3) is 6.61. The minimum absolute atomic E-state index is 0.101. The molecule has 3 N–H and O–H groups in total. The first kappa shape index (κ1) is 14.4. The molecule has 1 aliphatic rings. The monoisotopic (exact) mass is 244 g/mol. The van der Waals surface area contributed by atoms with E-state index in [0.29, 0.717) is 6.54 Å². The van der Waals surface area contributed by atoms with E-state index < -0.39 is 6.10 Å². The average molecular weight is 244 g/mol. The van der Waals surface area contributed by atoms with Crippen LogP contribution < -0.4 is 10.6 Å². The Balaban J connectivity index is 2.04. The molecular weight excluding hydrogens is 220 g/mol. The van der Waals surface area contributed by atoms with E-state index in [9.17, 15) is 9.90 Å². The summed E-state index contributed by atoms with van der Waals surface area (Å²) >= 11 is 0. The van der Waals surface area contributed by atoms with Crippen LogP contribution in [0.3, 0.4) is 0 Å². The number of aliphatic hydroxyl groups is 1. The molecule has 1 heterocycles. The number of amides is 1. The van der Waals surface area contributed by atoms with Crippen molar-refractivity contribution >= 4 is 5.91 Å². The van der Waals surface area contributed by atoms with Gasteiger partial charge in [0.05, 0.1) is 12.2 Å². The molecule has 1 fully saturated rings. The molecule has 0 saturated carbocycles. The second-order valence-electron chi connectivity index (χ2n) is 4.51. The van der Waals surface area contributed by atoms with Crippen LogP contribution in [0, 0.1) is 0 Å². The van der Waals surface area contributed by atoms with Gasteiger partial charge in [-0.3, -0.25) is 4.79 Å². The number of piperidine rings is 1. The van der Waals surface area contributed by atoms with Crippen molar-refractivity contribution in [2.24, 2.45) is 0 Å². The summed E-state index contributed by atoms with van der Waals surface area (Å²) in [4.78, 5) is 11.4. The van der Waals surface area contributed by atoms with Crippen LogP contribution in [0.25, 0.3) is 0 Å². The van der Waals surface area contributed by atoms with Gasteiger partial charge < -0.3 is 20.5 Å². The van der Waals surface area contributed by atoms with Crippen LogP contribution in [0.1, 0.15) is 32.6 Å². The SMILES string of the molecule is CCCC(O)CNC(=O)COC1CCNCC1. The molecule has 0 radical (unpaired) electrons. The highest BCUT2D eigenvalue weighted by Crippen LogP contribution is 2.06. The van der Waals surface area contributed by atoms with Crippen LogP contribution in [-0.4, -0.2) is 49.5 Å². The molecule has 0 aromatic heterocycles. The summed E-state index contributed by atoms with van der Waals surface area (Å²) in [5.41, 5.74) is 0. The first-order valence-corrected chi connectivity index (χ1v) is 6.49. The zero-order valence-electron chi connectivity index (χ0n) is 10.6. The Labute approximate surface area is 103 Å². The van der Waals surface area contributed by atoms with Crippen LogP contribution in [-0.2, 0) is 9.53 Å². The fourth-order valence-corrected chi connectivity index (χ4v) is 1.87. The molecule has 0 spiro atoms. The molecule has 17 heavy (non-hydrogen) atoms. The maximum absolute atomic E-state index is 11.4. The van der Waals surface area contributed by atoms with Gasteiger partial charge in [-0.1, -0.05) is 13.3 Å². The van der Waals surface area contributed by atoms with Gasteiger partial charge in [0, 0.05) is 6.54 Å². The predicted molar refractivity (Wildman–Crippen MR) is 65.8 cm³/mol. The van der Waals surface area contributed by atoms with Crippen LogP contribution in [0.2, 0.25) is 0 Å². The van der Waals surface area contributed by atoms with Gasteiger partial charge in [-0.2, -0.15) is 0 Å². The van der Waals surface area contributed by atoms with E-state index in [1.54, 1.807) is 0 Å². The van der Waals surface area contributed by atoms with Crippen molar-refractivity contribution in [2.75, 3.05) is 26.2 Å². The van der Waals surface area contributed by atoms with Crippen molar-refractivity contribution in [2.45, 2.75) is 44.8 Å². The van der Waals surface area contributed by atoms with Crippen molar-refractivity contribution in [3.05, 3.63) is 0 Å². The summed E-state index contributed by atoms with van der Waals surface area (Å²) in [6.07, 6.45) is 3.32. The number of nitrogens with one attached hydrogen (secondary N) is 2. The summed E-state index contributed by atoms with van der Waals surface area (Å²) in [5.74, 6) is -0.140. The van der Waals surface area contributed by atoms with Gasteiger partial charge in [-0.25, -0.2) is 0 Å². The Morgan fingerprint density at radius 3 is 2.88 bits per heavy atom. The summed E-state index contributed by atoms with van der Waals surface area (Å²) in [7, 11) is 0. The molecule has 1 saturated heterocycles. The maximum atomic E-state index is 11.4. The van der Waals surface area contributed by atoms with E-state index in [1.807, 2.05) is 6.92 Å². The molecule has 0 aromatic rings. The minimum atomic E-state index is -0.442. The van der Waals surface area contributed by atoms with E-state index in [0.717, 1.165) is 38.8 Å². The summed E-state index contributed by atoms with van der Waals surface area (Å²) in [6, 6.07) is 0. The molecule has 5 heteroatoms. The number of ether oxygens (including phenoxy) is 1. The van der Waals surface area contributed by atoms with Crippen molar-refractivity contribution in [1.82, 2.24) is 10.6 Å². The average Bonchev–Trinajstić information content (AvgIpc) is 2.35. The Morgan fingerprint density at radius 2 is 2.24 bits per heavy atom. The zero-order chi connectivity index (χ0) is 12.5. The topological polar surface area (TPSA) is 70.6 Å². The predicted octanol–water partition coefficient (Wildman–Crippen LogP) is 0.0322. The van der Waals surface area contributed by atoms with Crippen LogP contribution in [0.5, 0.6) is 0 Å². The van der Waals surface area contributed by atoms with Crippen molar-refractivity contribution < 1.29 is 14.6 Å². The second kappa shape index (κ2) is 8.44. The number of hydrogen-bond acceptors (Lipinski definition) is 4. The van der Waals surface area contributed by atoms with E-state index >= 15 is 0 Å². The lowest BCUT2D eigenvalue weighted by atomic mass is 10.1. The summed E-state index contributed by atoms with van der Waals surface area (Å²) in [5, 5.41) is 15.4. The summed E-state index contributed by atoms with van der Waals surface area (Å²) in [6.45, 7) is 4.35. The number of carbonyl (C=O) groups is 1. The first-order chi connectivity index (χ1) is 8.22. The molecule has 1 amide bonds. The molecule has 5 nitrogen and oxygen atoms in total. The van der Waals surface area contributed by atoms with Crippen molar-refractivity contribution in [3.8, 4) is 0 Å². The maximum Gasteiger partial charge on any atom is 0.246 e. The first-order valence-electron chi connectivity index (χ1n) is 6.49. The molecular formula is C12H24N2O3. The highest BCUT2D eigenvalue weighted by atomic mass is 16.5. The Bertz CT molecular complexity index is 218. The van der Waals surface area contributed by atoms with Crippen LogP contribution >= 0.6 is 0 Å². The lowest BCUT2D eigenvalue weighted by Crippen LogP contribution is -2.38. The number of carbonyl (C=O) groups excluding carboxylic acids is 1. The highest BCUT2D eigenvalue weighted by Gasteiger charge is 2.15. The van der Waals surface area contributed by atoms with E-state index in [4.69, 9.17) is 4.74 Å². The molecule has 0 aliphatic carbocycles. The minimum Gasteiger partial charge on any atom is -0.391 e. The van der Waals surface area contributed by atoms with Crippen LogP contribution in [0.4, 0.5) is 0 Å². The Kier molecular flexibility index (Phi) is 7.16. The molecule has 1 atom stereocenters. The molecule has 1 aliphatic heterocycles. The Hall–Kier alpha value is -0.650. The van der Waals surface area contributed by atoms with Gasteiger partial charge in [-0.05, 0) is 32.4 Å². The van der Waals surface area contributed by atoms with Crippen LogP contribution in [0.15, 0.2) is 0 Å². The quantitative estimate of drug-likeness (QED) is 0.591. The smallest absolute Gasteiger partial charge is 0.246 e. The highest BCUT2D eigenvalue weighted by molar-refractivity contribution is 5.77. The van der Waals surface area contributed by atoms with Gasteiger partial charge in [0.25, 0.3) is 0 Å². The fraction of sp³-hybridized carbons (Fsp3) is 0.917. The van der Waals surface area contributed by atoms with Gasteiger partial charge in [0.1, 0.15) is 6.61 Å². The molecule has 0 aromatic carbocycles. The van der Waals surface area contributed by atoms with Gasteiger partial charge >= 0.3 is 0 Å². The standard InChI is InChI=1S/C12H24N2O3/c1-2-3-10(15)8-14-12(16)9-17-11-4-6-13-7-5-11/h10-11,13,15H,2-9H2,1H3,(H,14,16). The number of hydrogen-bond donors (Lipinski definition) is 3. The lowest BCUT2D eigenvalue weighted by Gasteiger charge is -2.22. The second-order valence-corrected chi connectivity index (χ2v) is 4.51. The Morgan fingerprint density at radius 1 is 1.53 bits per heavy atom. The van der Waals surface area contributed by atoms with Gasteiger partial charge in [0.15, 0.2) is 0 Å². The van der Waals surface area contributed by atoms with Crippen molar-refractivity contribution in [3.63, 3.8) is 0 Å². The molecule has 1 rings (SSSR count). The lowest BCUT2D eigenvalue weighted by molar-refractivity contribution is -0.128. The molecule has 100 valence electrons. The third-order valence-corrected chi connectivity index (χ3v) is 2.89. The molecule has 1 unspecified atom stereocenters. The van der Waals surface area contributed by atoms with E-state index in [-0.39, 0.29) is 18.6 Å². The zero-order valence-corrected chi connectivity index (χ0v) is 10.6.